The van der Waals surface area contributed by atoms with Crippen molar-refractivity contribution < 1.29 is 10.0 Å². The van der Waals surface area contributed by atoms with Crippen LogP contribution in [-0.2, 0) is 0 Å². The molecule has 24 heavy (non-hydrogen) atoms. The van der Waals surface area contributed by atoms with E-state index in [4.69, 9.17) is 0 Å². The van der Waals surface area contributed by atoms with Crippen LogP contribution in [0.2, 0.25) is 0 Å². The first-order valence-corrected chi connectivity index (χ1v) is 7.31. The first-order chi connectivity index (χ1) is 11.6. The summed E-state index contributed by atoms with van der Waals surface area (Å²) >= 11 is 0. The van der Waals surface area contributed by atoms with Crippen LogP contribution in [-0.4, -0.2) is 16.2 Å². The van der Waals surface area contributed by atoms with Crippen LogP contribution in [0.3, 0.4) is 0 Å². The minimum Gasteiger partial charge on any atom is -0.507 e. The third kappa shape index (κ3) is 3.30. The monoisotopic (exact) mass is 318 g/mol. The van der Waals surface area contributed by atoms with Gasteiger partial charge in [0.25, 0.3) is 5.69 Å². The summed E-state index contributed by atoms with van der Waals surface area (Å²) in [7, 11) is 0. The van der Waals surface area contributed by atoms with Gasteiger partial charge in [-0.15, -0.1) is 0 Å². The molecular formula is C19H14N2O3. The Bertz CT molecular complexity index is 905. The maximum Gasteiger partial charge on any atom is 0.270 e. The Labute approximate surface area is 138 Å². The summed E-state index contributed by atoms with van der Waals surface area (Å²) in [5.74, 6) is -0.0541. The molecule has 0 aromatic heterocycles. The second kappa shape index (κ2) is 6.75. The molecule has 0 bridgehead atoms. The molecule has 1 N–H and O–H groups in total. The van der Waals surface area contributed by atoms with E-state index in [0.29, 0.717) is 5.56 Å². The van der Waals surface area contributed by atoms with Crippen LogP contribution >= 0.6 is 0 Å². The predicted molar refractivity (Wildman–Crippen MR) is 93.9 cm³/mol. The van der Waals surface area contributed by atoms with Gasteiger partial charge in [-0.05, 0) is 17.7 Å². The number of rotatable bonds is 4. The normalized spacial score (nSPS) is 10.8. The first kappa shape index (κ1) is 15.4. The molecular weight excluding hydrogens is 304 g/mol. The number of para-hydroxylation sites is 1. The number of benzene rings is 3. The van der Waals surface area contributed by atoms with Crippen LogP contribution in [0.15, 0.2) is 77.8 Å². The Kier molecular flexibility index (Phi) is 4.34. The number of nitrogens with zero attached hydrogens (tertiary/aromatic N) is 2. The minimum atomic E-state index is -0.505. The lowest BCUT2D eigenvalue weighted by molar-refractivity contribution is -0.384. The standard InChI is InChI=1S/C19H14N2O3/c22-19-11-10-16(21(23)24)12-15(19)13-20-18-9-5-4-8-17(18)14-6-2-1-3-7-14/h1-13,22H/b20-13+. The van der Waals surface area contributed by atoms with Crippen molar-refractivity contribution in [2.24, 2.45) is 4.99 Å². The number of nitro benzene ring substituents is 1. The van der Waals surface area contributed by atoms with Crippen LogP contribution in [0.5, 0.6) is 5.75 Å². The van der Waals surface area contributed by atoms with Gasteiger partial charge in [-0.25, -0.2) is 0 Å². The van der Waals surface area contributed by atoms with E-state index in [0.717, 1.165) is 16.8 Å². The fraction of sp³-hybridized carbons (Fsp3) is 0. The average molecular weight is 318 g/mol. The largest absolute Gasteiger partial charge is 0.507 e. The van der Waals surface area contributed by atoms with Gasteiger partial charge in [0.1, 0.15) is 5.75 Å². The number of hydrogen-bond acceptors (Lipinski definition) is 4. The molecule has 0 amide bonds. The van der Waals surface area contributed by atoms with Gasteiger partial charge < -0.3 is 5.11 Å². The number of phenolic OH excluding ortho intramolecular Hbond substituents is 1. The predicted octanol–water partition coefficient (Wildman–Crippen LogP) is 4.72. The molecule has 3 aromatic carbocycles. The molecule has 3 aromatic rings. The van der Waals surface area contributed by atoms with Crippen LogP contribution < -0.4 is 0 Å². The lowest BCUT2D eigenvalue weighted by atomic mass is 10.0. The van der Waals surface area contributed by atoms with Gasteiger partial charge >= 0.3 is 0 Å². The Hall–Kier alpha value is -3.47. The van der Waals surface area contributed by atoms with Crippen molar-refractivity contribution in [3.63, 3.8) is 0 Å². The fourth-order valence-corrected chi connectivity index (χ4v) is 2.35. The Balaban J connectivity index is 1.99. The summed E-state index contributed by atoms with van der Waals surface area (Å²) in [5.41, 5.74) is 2.89. The molecule has 5 nitrogen and oxygen atoms in total. The number of nitro groups is 1. The van der Waals surface area contributed by atoms with Crippen LogP contribution in [0, 0.1) is 10.1 Å². The summed E-state index contributed by atoms with van der Waals surface area (Å²) in [6, 6.07) is 21.2. The second-order valence-corrected chi connectivity index (χ2v) is 5.14. The highest BCUT2D eigenvalue weighted by Gasteiger charge is 2.09. The zero-order valence-corrected chi connectivity index (χ0v) is 12.7. The molecule has 0 saturated heterocycles. The van der Waals surface area contributed by atoms with Crippen molar-refractivity contribution in [2.75, 3.05) is 0 Å². The van der Waals surface area contributed by atoms with Gasteiger partial charge in [0.15, 0.2) is 0 Å². The van der Waals surface area contributed by atoms with E-state index in [2.05, 4.69) is 4.99 Å². The summed E-state index contributed by atoms with van der Waals surface area (Å²) < 4.78 is 0. The molecule has 5 heteroatoms. The van der Waals surface area contributed by atoms with E-state index in [1.165, 1.54) is 24.4 Å². The topological polar surface area (TPSA) is 75.7 Å². The number of phenols is 1. The average Bonchev–Trinajstić information content (AvgIpc) is 2.62. The van der Waals surface area contributed by atoms with Gasteiger partial charge in [-0.3, -0.25) is 15.1 Å². The van der Waals surface area contributed by atoms with E-state index in [1.807, 2.05) is 54.6 Å². The zero-order chi connectivity index (χ0) is 16.9. The summed E-state index contributed by atoms with van der Waals surface area (Å²) in [5, 5.41) is 20.7. The number of aliphatic imine (C=N–C) groups is 1. The lowest BCUT2D eigenvalue weighted by Gasteiger charge is -2.05. The number of hydrogen-bond donors (Lipinski definition) is 1. The molecule has 0 spiro atoms. The smallest absolute Gasteiger partial charge is 0.270 e. The molecule has 0 fully saturated rings. The van der Waals surface area contributed by atoms with Crippen LogP contribution in [0.4, 0.5) is 11.4 Å². The van der Waals surface area contributed by atoms with E-state index in [9.17, 15) is 15.2 Å². The fourth-order valence-electron chi connectivity index (χ4n) is 2.35. The van der Waals surface area contributed by atoms with Crippen LogP contribution in [0.1, 0.15) is 5.56 Å². The van der Waals surface area contributed by atoms with Crippen molar-refractivity contribution in [1.29, 1.82) is 0 Å². The Morgan fingerprint density at radius 3 is 2.42 bits per heavy atom. The highest BCUT2D eigenvalue weighted by molar-refractivity contribution is 5.88. The zero-order valence-electron chi connectivity index (χ0n) is 12.7. The highest BCUT2D eigenvalue weighted by Crippen LogP contribution is 2.30. The molecule has 3 rings (SSSR count). The Morgan fingerprint density at radius 2 is 1.67 bits per heavy atom. The Morgan fingerprint density at radius 1 is 0.958 bits per heavy atom. The van der Waals surface area contributed by atoms with Gasteiger partial charge in [0, 0.05) is 29.5 Å². The number of non-ortho nitro benzene ring substituents is 1. The maximum atomic E-state index is 10.9. The minimum absolute atomic E-state index is 0.0541. The molecule has 0 radical (unpaired) electrons. The van der Waals surface area contributed by atoms with Gasteiger partial charge in [-0.1, -0.05) is 48.5 Å². The van der Waals surface area contributed by atoms with Crippen molar-refractivity contribution >= 4 is 17.6 Å². The molecule has 0 aliphatic rings. The molecule has 0 aliphatic heterocycles. The number of aromatic hydroxyl groups is 1. The van der Waals surface area contributed by atoms with E-state index in [-0.39, 0.29) is 11.4 Å². The molecule has 118 valence electrons. The molecule has 0 atom stereocenters. The second-order valence-electron chi connectivity index (χ2n) is 5.14. The van der Waals surface area contributed by atoms with Gasteiger partial charge in [0.2, 0.25) is 0 Å². The molecule has 0 unspecified atom stereocenters. The van der Waals surface area contributed by atoms with Crippen molar-refractivity contribution in [3.8, 4) is 16.9 Å². The van der Waals surface area contributed by atoms with E-state index < -0.39 is 4.92 Å². The van der Waals surface area contributed by atoms with Gasteiger partial charge in [0.05, 0.1) is 10.6 Å². The van der Waals surface area contributed by atoms with Crippen molar-refractivity contribution in [3.05, 3.63) is 88.5 Å². The SMILES string of the molecule is O=[N+]([O-])c1ccc(O)c(/C=N/c2ccccc2-c2ccccc2)c1. The van der Waals surface area contributed by atoms with E-state index >= 15 is 0 Å². The molecule has 0 saturated carbocycles. The highest BCUT2D eigenvalue weighted by atomic mass is 16.6. The van der Waals surface area contributed by atoms with E-state index in [1.54, 1.807) is 0 Å². The molecule has 0 aliphatic carbocycles. The quantitative estimate of drug-likeness (QED) is 0.429. The lowest BCUT2D eigenvalue weighted by Crippen LogP contribution is -1.90. The maximum absolute atomic E-state index is 10.9. The third-order valence-electron chi connectivity index (χ3n) is 3.55. The third-order valence-corrected chi connectivity index (χ3v) is 3.55. The van der Waals surface area contributed by atoms with Crippen molar-refractivity contribution in [1.82, 2.24) is 0 Å². The van der Waals surface area contributed by atoms with Crippen molar-refractivity contribution in [2.45, 2.75) is 0 Å². The summed E-state index contributed by atoms with van der Waals surface area (Å²) in [6.45, 7) is 0. The van der Waals surface area contributed by atoms with Gasteiger partial charge in [-0.2, -0.15) is 0 Å². The summed E-state index contributed by atoms with van der Waals surface area (Å²) in [6.07, 6.45) is 1.43. The molecule has 0 heterocycles. The summed E-state index contributed by atoms with van der Waals surface area (Å²) in [4.78, 5) is 14.8. The first-order valence-electron chi connectivity index (χ1n) is 7.31. The van der Waals surface area contributed by atoms with Crippen LogP contribution in [0.25, 0.3) is 11.1 Å².